The Labute approximate surface area is 135 Å². The van der Waals surface area contributed by atoms with E-state index < -0.39 is 0 Å². The van der Waals surface area contributed by atoms with E-state index in [-0.39, 0.29) is 0 Å². The van der Waals surface area contributed by atoms with Crippen LogP contribution < -0.4 is 11.1 Å². The molecular formula is C16H23N5O2. The highest BCUT2D eigenvalue weighted by molar-refractivity contribution is 5.41. The predicted octanol–water partition coefficient (Wildman–Crippen LogP) is 2.21. The van der Waals surface area contributed by atoms with Gasteiger partial charge in [0.15, 0.2) is 0 Å². The minimum absolute atomic E-state index is 0.308. The van der Waals surface area contributed by atoms with E-state index in [0.717, 1.165) is 55.4 Å². The van der Waals surface area contributed by atoms with Gasteiger partial charge in [-0.05, 0) is 33.1 Å². The lowest BCUT2D eigenvalue weighted by Crippen LogP contribution is -2.10. The number of aromatic nitrogens is 3. The van der Waals surface area contributed by atoms with E-state index in [9.17, 15) is 0 Å². The van der Waals surface area contributed by atoms with Gasteiger partial charge in [-0.3, -0.25) is 0 Å². The molecule has 0 saturated carbocycles. The molecule has 23 heavy (non-hydrogen) atoms. The number of hydrogen-bond acceptors (Lipinski definition) is 7. The third-order valence-electron chi connectivity index (χ3n) is 4.20. The Morgan fingerprint density at radius 3 is 2.91 bits per heavy atom. The number of nitrogen functional groups attached to an aromatic ring is 1. The van der Waals surface area contributed by atoms with Crippen LogP contribution in [0.1, 0.15) is 41.5 Å². The van der Waals surface area contributed by atoms with Crippen molar-refractivity contribution in [3.05, 3.63) is 28.8 Å². The van der Waals surface area contributed by atoms with Crippen LogP contribution in [0.15, 0.2) is 10.6 Å². The zero-order valence-corrected chi connectivity index (χ0v) is 13.6. The summed E-state index contributed by atoms with van der Waals surface area (Å²) in [5.41, 5.74) is 8.95. The number of rotatable bonds is 6. The summed E-state index contributed by atoms with van der Waals surface area (Å²) in [6, 6.07) is 1.98. The van der Waals surface area contributed by atoms with Crippen molar-refractivity contribution in [1.82, 2.24) is 15.1 Å². The van der Waals surface area contributed by atoms with Gasteiger partial charge >= 0.3 is 0 Å². The third kappa shape index (κ3) is 3.79. The van der Waals surface area contributed by atoms with Crippen LogP contribution in [0.25, 0.3) is 0 Å². The zero-order valence-electron chi connectivity index (χ0n) is 13.6. The summed E-state index contributed by atoms with van der Waals surface area (Å²) in [5, 5.41) is 7.30. The van der Waals surface area contributed by atoms with Gasteiger partial charge in [-0.2, -0.15) is 4.98 Å². The normalized spacial score (nSPS) is 17.6. The average molecular weight is 317 g/mol. The molecule has 0 aliphatic carbocycles. The summed E-state index contributed by atoms with van der Waals surface area (Å²) in [7, 11) is 0. The predicted molar refractivity (Wildman–Crippen MR) is 87.4 cm³/mol. The van der Waals surface area contributed by atoms with Gasteiger partial charge in [0.2, 0.25) is 5.95 Å². The Morgan fingerprint density at radius 2 is 2.22 bits per heavy atom. The Hall–Kier alpha value is -2.15. The van der Waals surface area contributed by atoms with E-state index in [4.69, 9.17) is 15.0 Å². The molecule has 1 aliphatic rings. The Bertz CT molecular complexity index is 645. The second-order valence-electron chi connectivity index (χ2n) is 5.93. The van der Waals surface area contributed by atoms with Crippen LogP contribution in [0, 0.1) is 13.8 Å². The topological polar surface area (TPSA) is 99.1 Å². The van der Waals surface area contributed by atoms with E-state index in [1.54, 1.807) is 0 Å². The number of hydrogen-bond donors (Lipinski definition) is 2. The molecule has 124 valence electrons. The highest BCUT2D eigenvalue weighted by Crippen LogP contribution is 2.25. The lowest BCUT2D eigenvalue weighted by molar-refractivity contribution is 0.193. The van der Waals surface area contributed by atoms with Gasteiger partial charge in [-0.1, -0.05) is 5.16 Å². The summed E-state index contributed by atoms with van der Waals surface area (Å²) in [5.74, 6) is 2.31. The third-order valence-corrected chi connectivity index (χ3v) is 4.20. The maximum atomic E-state index is 5.82. The van der Waals surface area contributed by atoms with Crippen LogP contribution in [-0.2, 0) is 11.2 Å². The van der Waals surface area contributed by atoms with Crippen LogP contribution in [0.2, 0.25) is 0 Å². The zero-order chi connectivity index (χ0) is 16.2. The summed E-state index contributed by atoms with van der Waals surface area (Å²) in [6.07, 6.45) is 2.88. The maximum Gasteiger partial charge on any atom is 0.222 e. The monoisotopic (exact) mass is 317 g/mol. The Kier molecular flexibility index (Phi) is 4.76. The maximum absolute atomic E-state index is 5.82. The lowest BCUT2D eigenvalue weighted by Gasteiger charge is -2.11. The molecule has 2 aromatic rings. The summed E-state index contributed by atoms with van der Waals surface area (Å²) in [6.45, 7) is 6.22. The minimum atomic E-state index is 0.308. The smallest absolute Gasteiger partial charge is 0.222 e. The van der Waals surface area contributed by atoms with Crippen LogP contribution in [0.3, 0.4) is 0 Å². The van der Waals surface area contributed by atoms with E-state index >= 15 is 0 Å². The molecule has 0 aromatic carbocycles. The van der Waals surface area contributed by atoms with Crippen molar-refractivity contribution in [1.29, 1.82) is 0 Å². The van der Waals surface area contributed by atoms with E-state index in [1.807, 2.05) is 19.9 Å². The van der Waals surface area contributed by atoms with Crippen molar-refractivity contribution in [2.45, 2.75) is 39.0 Å². The molecule has 0 unspecified atom stereocenters. The van der Waals surface area contributed by atoms with E-state index in [0.29, 0.717) is 18.5 Å². The number of aryl methyl sites for hydroxylation is 2. The van der Waals surface area contributed by atoms with Gasteiger partial charge in [-0.25, -0.2) is 4.98 Å². The largest absolute Gasteiger partial charge is 0.381 e. The molecule has 0 spiro atoms. The highest BCUT2D eigenvalue weighted by Gasteiger charge is 2.20. The van der Waals surface area contributed by atoms with Gasteiger partial charge in [0.25, 0.3) is 0 Å². The van der Waals surface area contributed by atoms with Crippen molar-refractivity contribution < 1.29 is 9.26 Å². The van der Waals surface area contributed by atoms with Crippen LogP contribution in [0.4, 0.5) is 11.8 Å². The molecule has 2 aromatic heterocycles. The van der Waals surface area contributed by atoms with Gasteiger partial charge < -0.3 is 20.3 Å². The number of nitrogens with zero attached hydrogens (tertiary/aromatic N) is 3. The van der Waals surface area contributed by atoms with Crippen molar-refractivity contribution in [2.24, 2.45) is 0 Å². The molecule has 1 fully saturated rings. The first kappa shape index (κ1) is 15.7. The quantitative estimate of drug-likeness (QED) is 0.788. The first-order valence-electron chi connectivity index (χ1n) is 8.01. The van der Waals surface area contributed by atoms with Crippen LogP contribution >= 0.6 is 0 Å². The lowest BCUT2D eigenvalue weighted by atomic mass is 10.0. The fourth-order valence-corrected chi connectivity index (χ4v) is 2.89. The molecule has 1 atom stereocenters. The fraction of sp³-hybridized carbons (Fsp3) is 0.562. The van der Waals surface area contributed by atoms with Crippen LogP contribution in [-0.4, -0.2) is 34.9 Å². The average Bonchev–Trinajstić information content (AvgIpc) is 3.15. The molecule has 7 heteroatoms. The molecule has 0 bridgehead atoms. The second kappa shape index (κ2) is 6.95. The van der Waals surface area contributed by atoms with Gasteiger partial charge in [0.05, 0.1) is 18.0 Å². The summed E-state index contributed by atoms with van der Waals surface area (Å²) in [4.78, 5) is 8.59. The molecule has 7 nitrogen and oxygen atoms in total. The molecule has 0 amide bonds. The van der Waals surface area contributed by atoms with Crippen molar-refractivity contribution >= 4 is 11.8 Å². The first-order valence-corrected chi connectivity index (χ1v) is 8.01. The van der Waals surface area contributed by atoms with Crippen LogP contribution in [0.5, 0.6) is 0 Å². The summed E-state index contributed by atoms with van der Waals surface area (Å²) < 4.78 is 10.6. The number of nitrogens with two attached hydrogens (primary N) is 1. The standard InChI is InChI=1S/C16H23N5O2/c1-10-13(11(2)23-21-10)4-3-6-18-15-8-14(19-16(17)20-15)12-5-7-22-9-12/h8,12H,3-7,9H2,1-2H3,(H3,17,18,19,20)/t12-/m0/s1. The molecule has 3 N–H and O–H groups in total. The first-order chi connectivity index (χ1) is 11.1. The van der Waals surface area contributed by atoms with E-state index in [2.05, 4.69) is 20.4 Å². The Morgan fingerprint density at radius 1 is 1.35 bits per heavy atom. The van der Waals surface area contributed by atoms with E-state index in [1.165, 1.54) is 5.56 Å². The number of nitrogens with one attached hydrogen (secondary N) is 1. The van der Waals surface area contributed by atoms with Crippen molar-refractivity contribution in [2.75, 3.05) is 30.8 Å². The molecule has 0 radical (unpaired) electrons. The molecular weight excluding hydrogens is 294 g/mol. The molecule has 1 aliphatic heterocycles. The second-order valence-corrected chi connectivity index (χ2v) is 5.93. The summed E-state index contributed by atoms with van der Waals surface area (Å²) >= 11 is 0. The molecule has 1 saturated heterocycles. The molecule has 3 heterocycles. The van der Waals surface area contributed by atoms with Gasteiger partial charge in [-0.15, -0.1) is 0 Å². The number of ether oxygens (including phenoxy) is 1. The number of anilines is 2. The van der Waals surface area contributed by atoms with Gasteiger partial charge in [0.1, 0.15) is 11.6 Å². The van der Waals surface area contributed by atoms with Gasteiger partial charge in [0, 0.05) is 30.7 Å². The SMILES string of the molecule is Cc1noc(C)c1CCCNc1cc([C@H]2CCOC2)nc(N)n1. The van der Waals surface area contributed by atoms with Crippen molar-refractivity contribution in [3.8, 4) is 0 Å². The van der Waals surface area contributed by atoms with Crippen molar-refractivity contribution in [3.63, 3.8) is 0 Å². The Balaban J connectivity index is 1.55. The highest BCUT2D eigenvalue weighted by atomic mass is 16.5. The fourth-order valence-electron chi connectivity index (χ4n) is 2.89. The minimum Gasteiger partial charge on any atom is -0.381 e. The molecule has 3 rings (SSSR count).